The molecule has 2 aliphatic heterocycles. The van der Waals surface area contributed by atoms with Crippen LogP contribution in [-0.2, 0) is 10.0 Å². The predicted molar refractivity (Wildman–Crippen MR) is 125 cm³/mol. The second-order valence-corrected chi connectivity index (χ2v) is 11.4. The molecule has 5 rings (SSSR count). The van der Waals surface area contributed by atoms with E-state index in [9.17, 15) is 26.0 Å². The zero-order valence-electron chi connectivity index (χ0n) is 19.1. The molecule has 37 heavy (non-hydrogen) atoms. The van der Waals surface area contributed by atoms with Crippen molar-refractivity contribution in [3.05, 3.63) is 64.7 Å². The first-order chi connectivity index (χ1) is 17.5. The number of fused-ring (bicyclic) bond motifs is 1. The molecule has 1 fully saturated rings. The van der Waals surface area contributed by atoms with Crippen LogP contribution < -0.4 is 9.46 Å². The topological polar surface area (TPSA) is 84.4 Å². The van der Waals surface area contributed by atoms with E-state index in [-0.39, 0.29) is 36.9 Å². The number of likely N-dealkylation sites (tertiary alicyclic amines) is 1. The van der Waals surface area contributed by atoms with E-state index in [1.54, 1.807) is 0 Å². The first-order valence-corrected chi connectivity index (χ1v) is 13.7. The fourth-order valence-corrected chi connectivity index (χ4v) is 6.74. The number of rotatable bonds is 5. The van der Waals surface area contributed by atoms with Gasteiger partial charge < -0.3 is 4.74 Å². The minimum absolute atomic E-state index is 0.0365. The van der Waals surface area contributed by atoms with Gasteiger partial charge >= 0.3 is 6.18 Å². The highest BCUT2D eigenvalue weighted by molar-refractivity contribution is 7.93. The van der Waals surface area contributed by atoms with E-state index in [1.807, 2.05) is 4.90 Å². The van der Waals surface area contributed by atoms with Crippen molar-refractivity contribution in [3.63, 3.8) is 0 Å². The Hall–Kier alpha value is -2.84. The maximum absolute atomic E-state index is 15.2. The molecule has 1 unspecified atom stereocenters. The number of nitrogens with one attached hydrogen (secondary N) is 1. The molecule has 7 nitrogen and oxygen atoms in total. The number of halogens is 5. The van der Waals surface area contributed by atoms with Gasteiger partial charge in [0, 0.05) is 30.1 Å². The Kier molecular flexibility index (Phi) is 6.83. The van der Waals surface area contributed by atoms with Gasteiger partial charge in [0.05, 0.1) is 12.5 Å². The van der Waals surface area contributed by atoms with Crippen LogP contribution in [0.1, 0.15) is 42.5 Å². The van der Waals surface area contributed by atoms with Crippen LogP contribution in [0, 0.1) is 17.6 Å². The van der Waals surface area contributed by atoms with Crippen LogP contribution in [0.15, 0.2) is 46.8 Å². The Morgan fingerprint density at radius 3 is 2.51 bits per heavy atom. The number of anilines is 1. The van der Waals surface area contributed by atoms with Crippen molar-refractivity contribution in [2.75, 3.05) is 17.9 Å². The molecule has 2 aliphatic rings. The average molecular weight is 561 g/mol. The second-order valence-electron chi connectivity index (χ2n) is 8.89. The first-order valence-electron chi connectivity index (χ1n) is 11.4. The van der Waals surface area contributed by atoms with Gasteiger partial charge in [-0.05, 0) is 43.1 Å². The lowest BCUT2D eigenvalue weighted by Crippen LogP contribution is -2.44. The highest BCUT2D eigenvalue weighted by atomic mass is 32.2. The Morgan fingerprint density at radius 2 is 1.84 bits per heavy atom. The van der Waals surface area contributed by atoms with E-state index in [0.717, 1.165) is 23.5 Å². The molecule has 0 amide bonds. The minimum Gasteiger partial charge on any atom is -0.493 e. The number of ether oxygens (including phenoxy) is 1. The molecule has 3 heterocycles. The summed E-state index contributed by atoms with van der Waals surface area (Å²) in [5.74, 6) is -2.94. The highest BCUT2D eigenvalue weighted by Crippen LogP contribution is 2.48. The van der Waals surface area contributed by atoms with Gasteiger partial charge in [-0.2, -0.15) is 13.2 Å². The Labute approximate surface area is 213 Å². The van der Waals surface area contributed by atoms with E-state index in [4.69, 9.17) is 4.74 Å². The number of benzene rings is 2. The lowest BCUT2D eigenvalue weighted by atomic mass is 9.84. The van der Waals surface area contributed by atoms with Crippen molar-refractivity contribution in [1.29, 1.82) is 0 Å². The van der Waals surface area contributed by atoms with Crippen molar-refractivity contribution >= 4 is 26.5 Å². The third kappa shape index (κ3) is 5.27. The molecule has 3 aromatic rings. The summed E-state index contributed by atoms with van der Waals surface area (Å²) in [5, 5.41) is 7.10. The third-order valence-electron chi connectivity index (χ3n) is 6.71. The molecule has 1 saturated heterocycles. The summed E-state index contributed by atoms with van der Waals surface area (Å²) < 4.78 is 103. The summed E-state index contributed by atoms with van der Waals surface area (Å²) in [6.45, 7) is 0.221. The molecule has 0 spiro atoms. The molecule has 3 atom stereocenters. The lowest BCUT2D eigenvalue weighted by Gasteiger charge is -2.46. The molecule has 14 heteroatoms. The van der Waals surface area contributed by atoms with Crippen LogP contribution in [0.4, 0.5) is 27.1 Å². The van der Waals surface area contributed by atoms with E-state index >= 15 is 4.39 Å². The minimum atomic E-state index is -4.38. The maximum atomic E-state index is 15.2. The fourth-order valence-electron chi connectivity index (χ4n) is 4.98. The Balaban J connectivity index is 1.50. The van der Waals surface area contributed by atoms with Crippen LogP contribution in [0.25, 0.3) is 0 Å². The average Bonchev–Trinajstić information content (AvgIpc) is 3.35. The number of aromatic nitrogens is 2. The summed E-state index contributed by atoms with van der Waals surface area (Å²) in [7, 11) is -4.34. The first kappa shape index (κ1) is 25.8. The molecule has 0 bridgehead atoms. The zero-order valence-corrected chi connectivity index (χ0v) is 20.7. The largest absolute Gasteiger partial charge is 0.493 e. The lowest BCUT2D eigenvalue weighted by molar-refractivity contribution is -0.192. The monoisotopic (exact) mass is 560 g/mol. The molecule has 1 aromatic heterocycles. The molecule has 1 N–H and O–H groups in total. The van der Waals surface area contributed by atoms with Gasteiger partial charge in [0.15, 0.2) is 0 Å². The SMILES string of the molecule is O=S(=O)(Nc1nncs1)c1cc2c(cc1F)[C@@H](N1CCC(C(F)(F)F)C[C@H]1c1ccc(F)cc1)CCO2. The molecular weight excluding hydrogens is 539 g/mol. The summed E-state index contributed by atoms with van der Waals surface area (Å²) in [4.78, 5) is 1.21. The Morgan fingerprint density at radius 1 is 1.08 bits per heavy atom. The van der Waals surface area contributed by atoms with Gasteiger partial charge in [-0.1, -0.05) is 23.5 Å². The summed E-state index contributed by atoms with van der Waals surface area (Å²) in [5.41, 5.74) is 2.18. The molecule has 0 saturated carbocycles. The molecule has 0 aliphatic carbocycles. The van der Waals surface area contributed by atoms with Gasteiger partial charge in [0.25, 0.3) is 10.0 Å². The summed E-state index contributed by atoms with van der Waals surface area (Å²) in [6.07, 6.45) is -4.40. The fraction of sp³-hybridized carbons (Fsp3) is 0.391. The maximum Gasteiger partial charge on any atom is 0.391 e. The van der Waals surface area contributed by atoms with E-state index in [2.05, 4.69) is 14.9 Å². The molecule has 2 aromatic carbocycles. The molecular formula is C23H21F5N4O3S2. The Bertz CT molecular complexity index is 1370. The summed E-state index contributed by atoms with van der Waals surface area (Å²) in [6, 6.07) is 6.22. The van der Waals surface area contributed by atoms with Crippen LogP contribution in [0.5, 0.6) is 5.75 Å². The number of piperidine rings is 1. The molecule has 0 radical (unpaired) electrons. The summed E-state index contributed by atoms with van der Waals surface area (Å²) >= 11 is 0.923. The van der Waals surface area contributed by atoms with Crippen LogP contribution in [0.3, 0.4) is 0 Å². The van der Waals surface area contributed by atoms with Gasteiger partial charge in [0.1, 0.15) is 27.8 Å². The van der Waals surface area contributed by atoms with Crippen LogP contribution in [-0.4, -0.2) is 42.8 Å². The quantitative estimate of drug-likeness (QED) is 0.418. The number of alkyl halides is 3. The van der Waals surface area contributed by atoms with E-state index in [0.29, 0.717) is 17.5 Å². The standard InChI is InChI=1S/C23H21F5N4O3S2/c24-15-3-1-13(2-4-15)19-9-14(23(26,27)28)5-7-32(19)18-6-8-35-20-11-21(17(25)10-16(18)20)37(33,34)31-22-30-29-12-36-22/h1-4,10-12,14,18-19H,5-9H2,(H,30,31)/t14?,18-,19-/m0/s1. The zero-order chi connectivity index (χ0) is 26.4. The normalized spacial score (nSPS) is 22.8. The van der Waals surface area contributed by atoms with Crippen LogP contribution in [0.2, 0.25) is 0 Å². The van der Waals surface area contributed by atoms with Crippen molar-refractivity contribution < 1.29 is 35.1 Å². The van der Waals surface area contributed by atoms with Crippen molar-refractivity contribution in [2.24, 2.45) is 5.92 Å². The van der Waals surface area contributed by atoms with Crippen LogP contribution >= 0.6 is 11.3 Å². The second kappa shape index (κ2) is 9.80. The van der Waals surface area contributed by atoms with E-state index < -0.39 is 50.7 Å². The number of hydrogen-bond donors (Lipinski definition) is 1. The molecule has 198 valence electrons. The highest BCUT2D eigenvalue weighted by Gasteiger charge is 2.46. The van der Waals surface area contributed by atoms with Gasteiger partial charge in [-0.15, -0.1) is 10.2 Å². The third-order valence-corrected chi connectivity index (χ3v) is 8.80. The van der Waals surface area contributed by atoms with Gasteiger partial charge in [0.2, 0.25) is 5.13 Å². The van der Waals surface area contributed by atoms with Crippen molar-refractivity contribution in [2.45, 2.75) is 42.4 Å². The van der Waals surface area contributed by atoms with Crippen molar-refractivity contribution in [3.8, 4) is 5.75 Å². The number of nitrogens with zero attached hydrogens (tertiary/aromatic N) is 3. The smallest absolute Gasteiger partial charge is 0.391 e. The predicted octanol–water partition coefficient (Wildman–Crippen LogP) is 5.46. The van der Waals surface area contributed by atoms with E-state index in [1.165, 1.54) is 29.8 Å². The van der Waals surface area contributed by atoms with Crippen molar-refractivity contribution in [1.82, 2.24) is 15.1 Å². The van der Waals surface area contributed by atoms with Gasteiger partial charge in [-0.3, -0.25) is 9.62 Å². The number of hydrogen-bond acceptors (Lipinski definition) is 7. The van der Waals surface area contributed by atoms with Gasteiger partial charge in [-0.25, -0.2) is 17.2 Å². The number of sulfonamides is 1.